The summed E-state index contributed by atoms with van der Waals surface area (Å²) in [4.78, 5) is 4.36. The Morgan fingerprint density at radius 2 is 1.81 bits per heavy atom. The highest BCUT2D eigenvalue weighted by atomic mass is 35.5. The summed E-state index contributed by atoms with van der Waals surface area (Å²) in [6.07, 6.45) is 0. The van der Waals surface area contributed by atoms with Crippen LogP contribution in [0.5, 0.6) is 5.75 Å². The van der Waals surface area contributed by atoms with E-state index < -0.39 is 0 Å². The molecule has 5 nitrogen and oxygen atoms in total. The Balaban J connectivity index is 1.93. The van der Waals surface area contributed by atoms with Gasteiger partial charge >= 0.3 is 0 Å². The van der Waals surface area contributed by atoms with Gasteiger partial charge < -0.3 is 15.0 Å². The van der Waals surface area contributed by atoms with Crippen molar-refractivity contribution in [3.8, 4) is 28.6 Å². The van der Waals surface area contributed by atoms with Gasteiger partial charge in [-0.25, -0.2) is 0 Å². The van der Waals surface area contributed by atoms with Crippen LogP contribution in [-0.4, -0.2) is 17.3 Å². The van der Waals surface area contributed by atoms with E-state index in [0.29, 0.717) is 22.4 Å². The smallest absolute Gasteiger partial charge is 0.258 e. The minimum atomic E-state index is 0.391. The Bertz CT molecular complexity index is 769. The molecule has 0 aliphatic heterocycles. The maximum absolute atomic E-state index is 5.99. The lowest BCUT2D eigenvalue weighted by atomic mass is 10.2. The van der Waals surface area contributed by atoms with E-state index in [9.17, 15) is 0 Å². The van der Waals surface area contributed by atoms with E-state index in [-0.39, 0.29) is 0 Å². The molecule has 0 unspecified atom stereocenters. The van der Waals surface area contributed by atoms with E-state index in [1.807, 2.05) is 24.3 Å². The number of nitrogens with zero attached hydrogens (tertiary/aromatic N) is 2. The van der Waals surface area contributed by atoms with Crippen LogP contribution in [0.15, 0.2) is 47.0 Å². The van der Waals surface area contributed by atoms with Gasteiger partial charge in [0.25, 0.3) is 5.89 Å². The van der Waals surface area contributed by atoms with Gasteiger partial charge in [0, 0.05) is 11.1 Å². The molecule has 3 aromatic rings. The minimum absolute atomic E-state index is 0.391. The first-order chi connectivity index (χ1) is 10.2. The molecule has 0 amide bonds. The Labute approximate surface area is 126 Å². The largest absolute Gasteiger partial charge is 0.497 e. The summed E-state index contributed by atoms with van der Waals surface area (Å²) < 4.78 is 10.4. The highest BCUT2D eigenvalue weighted by Gasteiger charge is 2.11. The minimum Gasteiger partial charge on any atom is -0.497 e. The lowest BCUT2D eigenvalue weighted by molar-refractivity contribution is 0.415. The number of hydrogen-bond donors (Lipinski definition) is 1. The zero-order valence-corrected chi connectivity index (χ0v) is 12.0. The van der Waals surface area contributed by atoms with E-state index in [0.717, 1.165) is 16.9 Å². The highest BCUT2D eigenvalue weighted by molar-refractivity contribution is 6.33. The molecule has 0 fully saturated rings. The van der Waals surface area contributed by atoms with Crippen molar-refractivity contribution < 1.29 is 9.26 Å². The summed E-state index contributed by atoms with van der Waals surface area (Å²) in [6, 6.07) is 12.6. The van der Waals surface area contributed by atoms with Crippen molar-refractivity contribution in [2.24, 2.45) is 0 Å². The fourth-order valence-corrected chi connectivity index (χ4v) is 2.04. The van der Waals surface area contributed by atoms with Crippen LogP contribution in [0.4, 0.5) is 5.69 Å². The fraction of sp³-hybridized carbons (Fsp3) is 0.0667. The van der Waals surface area contributed by atoms with Gasteiger partial charge in [-0.05, 0) is 42.5 Å². The molecule has 0 bridgehead atoms. The number of nitrogen functional groups attached to an aromatic ring is 1. The lowest BCUT2D eigenvalue weighted by Crippen LogP contribution is -1.87. The fourth-order valence-electron chi connectivity index (χ4n) is 1.86. The second kappa shape index (κ2) is 5.46. The van der Waals surface area contributed by atoms with Crippen molar-refractivity contribution in [3.63, 3.8) is 0 Å². The summed E-state index contributed by atoms with van der Waals surface area (Å²) in [5.74, 6) is 1.66. The zero-order valence-electron chi connectivity index (χ0n) is 11.2. The third-order valence-corrected chi connectivity index (χ3v) is 3.35. The van der Waals surface area contributed by atoms with Gasteiger partial charge in [-0.2, -0.15) is 4.98 Å². The van der Waals surface area contributed by atoms with Crippen LogP contribution in [0, 0.1) is 0 Å². The lowest BCUT2D eigenvalue weighted by Gasteiger charge is -1.99. The van der Waals surface area contributed by atoms with Crippen LogP contribution in [0.1, 0.15) is 0 Å². The number of anilines is 1. The molecule has 3 rings (SSSR count). The molecule has 2 aromatic carbocycles. The van der Waals surface area contributed by atoms with Gasteiger partial charge in [-0.15, -0.1) is 0 Å². The van der Waals surface area contributed by atoms with Crippen molar-refractivity contribution in [1.29, 1.82) is 0 Å². The van der Waals surface area contributed by atoms with E-state index in [2.05, 4.69) is 10.1 Å². The summed E-state index contributed by atoms with van der Waals surface area (Å²) in [7, 11) is 1.62. The Morgan fingerprint density at radius 3 is 2.48 bits per heavy atom. The number of nitrogens with two attached hydrogens (primary N) is 1. The molecule has 1 aromatic heterocycles. The quantitative estimate of drug-likeness (QED) is 0.747. The molecule has 0 saturated heterocycles. The van der Waals surface area contributed by atoms with E-state index in [1.165, 1.54) is 0 Å². The summed E-state index contributed by atoms with van der Waals surface area (Å²) in [6.45, 7) is 0. The third kappa shape index (κ3) is 2.68. The molecule has 0 radical (unpaired) electrons. The van der Waals surface area contributed by atoms with Crippen LogP contribution in [0.25, 0.3) is 22.8 Å². The van der Waals surface area contributed by atoms with E-state index in [1.54, 1.807) is 25.3 Å². The topological polar surface area (TPSA) is 74.2 Å². The molecule has 21 heavy (non-hydrogen) atoms. The molecular weight excluding hydrogens is 290 g/mol. The summed E-state index contributed by atoms with van der Waals surface area (Å²) in [5.41, 5.74) is 7.75. The number of methoxy groups -OCH3 is 1. The number of ether oxygens (including phenoxy) is 1. The van der Waals surface area contributed by atoms with Gasteiger partial charge in [0.05, 0.1) is 17.8 Å². The third-order valence-electron chi connectivity index (χ3n) is 3.02. The molecule has 6 heteroatoms. The van der Waals surface area contributed by atoms with Gasteiger partial charge in [-0.1, -0.05) is 16.8 Å². The molecule has 0 atom stereocenters. The first kappa shape index (κ1) is 13.5. The van der Waals surface area contributed by atoms with Gasteiger partial charge in [-0.3, -0.25) is 0 Å². The number of aromatic nitrogens is 2. The van der Waals surface area contributed by atoms with Gasteiger partial charge in [0.2, 0.25) is 5.82 Å². The number of benzene rings is 2. The molecular formula is C15H12ClN3O2. The molecule has 0 aliphatic rings. The number of hydrogen-bond acceptors (Lipinski definition) is 5. The second-order valence-corrected chi connectivity index (χ2v) is 4.80. The highest BCUT2D eigenvalue weighted by Crippen LogP contribution is 2.28. The van der Waals surface area contributed by atoms with E-state index >= 15 is 0 Å². The van der Waals surface area contributed by atoms with Crippen molar-refractivity contribution in [2.75, 3.05) is 12.8 Å². The molecule has 106 valence electrons. The standard InChI is InChI=1S/C15H12ClN3O2/c1-20-11-5-2-9(3-6-11)14-18-15(21-19-14)10-4-7-13(17)12(16)8-10/h2-8H,17H2,1H3. The maximum Gasteiger partial charge on any atom is 0.258 e. The van der Waals surface area contributed by atoms with Crippen LogP contribution >= 0.6 is 11.6 Å². The van der Waals surface area contributed by atoms with Crippen molar-refractivity contribution in [2.45, 2.75) is 0 Å². The van der Waals surface area contributed by atoms with Crippen LogP contribution in [0.3, 0.4) is 0 Å². The number of halogens is 1. The van der Waals surface area contributed by atoms with Crippen molar-refractivity contribution >= 4 is 17.3 Å². The predicted octanol–water partition coefficient (Wildman–Crippen LogP) is 3.65. The Morgan fingerprint density at radius 1 is 1.10 bits per heavy atom. The van der Waals surface area contributed by atoms with Crippen molar-refractivity contribution in [3.05, 3.63) is 47.5 Å². The molecule has 0 saturated carbocycles. The van der Waals surface area contributed by atoms with E-state index in [4.69, 9.17) is 26.6 Å². The Hall–Kier alpha value is -2.53. The second-order valence-electron chi connectivity index (χ2n) is 4.39. The SMILES string of the molecule is COc1ccc(-c2noc(-c3ccc(N)c(Cl)c3)n2)cc1. The van der Waals surface area contributed by atoms with Gasteiger partial charge in [0.1, 0.15) is 5.75 Å². The Kier molecular flexibility index (Phi) is 3.50. The first-order valence-electron chi connectivity index (χ1n) is 6.21. The van der Waals surface area contributed by atoms with Gasteiger partial charge in [0.15, 0.2) is 0 Å². The average molecular weight is 302 g/mol. The van der Waals surface area contributed by atoms with Crippen LogP contribution in [0.2, 0.25) is 5.02 Å². The molecule has 0 spiro atoms. The predicted molar refractivity (Wildman–Crippen MR) is 81.1 cm³/mol. The molecule has 2 N–H and O–H groups in total. The zero-order chi connectivity index (χ0) is 14.8. The van der Waals surface area contributed by atoms with Crippen LogP contribution in [-0.2, 0) is 0 Å². The average Bonchev–Trinajstić information content (AvgIpc) is 3.00. The normalized spacial score (nSPS) is 10.6. The number of rotatable bonds is 3. The molecule has 1 heterocycles. The van der Waals surface area contributed by atoms with Crippen LogP contribution < -0.4 is 10.5 Å². The maximum atomic E-state index is 5.99. The molecule has 0 aliphatic carbocycles. The monoisotopic (exact) mass is 301 g/mol. The summed E-state index contributed by atoms with van der Waals surface area (Å²) >= 11 is 5.99. The first-order valence-corrected chi connectivity index (χ1v) is 6.58. The summed E-state index contributed by atoms with van der Waals surface area (Å²) in [5, 5.41) is 4.42. The van der Waals surface area contributed by atoms with Crippen molar-refractivity contribution in [1.82, 2.24) is 10.1 Å².